The first kappa shape index (κ1) is 13.7. The third-order valence-corrected chi connectivity index (χ3v) is 3.47. The van der Waals surface area contributed by atoms with Gasteiger partial charge in [-0.15, -0.1) is 0 Å². The normalized spacial score (nSPS) is 16.1. The summed E-state index contributed by atoms with van der Waals surface area (Å²) in [5.41, 5.74) is -0.0251. The van der Waals surface area contributed by atoms with Crippen LogP contribution in [0.15, 0.2) is 12.4 Å². The molecule has 1 aliphatic carbocycles. The van der Waals surface area contributed by atoms with Crippen molar-refractivity contribution in [1.82, 2.24) is 9.97 Å². The molecule has 2 rings (SSSR count). The van der Waals surface area contributed by atoms with Gasteiger partial charge in [0.25, 0.3) is 0 Å². The lowest BCUT2D eigenvalue weighted by molar-refractivity contribution is 0.0690. The maximum atomic E-state index is 11.0. The van der Waals surface area contributed by atoms with Gasteiger partial charge in [-0.2, -0.15) is 0 Å². The minimum atomic E-state index is -1.06. The number of rotatable bonds is 7. The van der Waals surface area contributed by atoms with Gasteiger partial charge in [-0.25, -0.2) is 9.78 Å². The molecule has 0 aromatic carbocycles. The van der Waals surface area contributed by atoms with E-state index in [0.717, 1.165) is 0 Å². The molecule has 0 radical (unpaired) electrons. The molecule has 0 amide bonds. The second-order valence-corrected chi connectivity index (χ2v) is 4.83. The molecule has 1 aliphatic rings. The molecule has 0 bridgehead atoms. The van der Waals surface area contributed by atoms with Crippen molar-refractivity contribution in [3.63, 3.8) is 0 Å². The highest BCUT2D eigenvalue weighted by atomic mass is 16.5. The lowest BCUT2D eigenvalue weighted by Gasteiger charge is -2.30. The fraction of sp³-hybridized carbons (Fsp3) is 0.615. The van der Waals surface area contributed by atoms with Gasteiger partial charge in [0, 0.05) is 19.7 Å². The van der Waals surface area contributed by atoms with E-state index in [1.165, 1.54) is 19.0 Å². The Hall–Kier alpha value is -1.69. The number of carboxylic acid groups (broad SMARTS) is 1. The topological polar surface area (TPSA) is 75.5 Å². The molecule has 1 N–H and O–H groups in total. The molecule has 1 fully saturated rings. The van der Waals surface area contributed by atoms with Crippen molar-refractivity contribution < 1.29 is 14.6 Å². The van der Waals surface area contributed by atoms with E-state index in [9.17, 15) is 4.79 Å². The van der Waals surface area contributed by atoms with E-state index in [1.807, 2.05) is 0 Å². The van der Waals surface area contributed by atoms with Crippen LogP contribution in [-0.4, -0.2) is 47.3 Å². The van der Waals surface area contributed by atoms with E-state index < -0.39 is 5.97 Å². The first-order valence-corrected chi connectivity index (χ1v) is 6.44. The van der Waals surface area contributed by atoms with Crippen LogP contribution >= 0.6 is 0 Å². The molecule has 1 heterocycles. The number of methoxy groups -OCH3 is 1. The SMILES string of the molecule is COCCN(c1cncc(C(=O)O)n1)C(C)C1CC1. The highest BCUT2D eigenvalue weighted by molar-refractivity contribution is 5.85. The van der Waals surface area contributed by atoms with Gasteiger partial charge >= 0.3 is 5.97 Å². The lowest BCUT2D eigenvalue weighted by atomic mass is 10.2. The quantitative estimate of drug-likeness (QED) is 0.803. The molecule has 0 saturated heterocycles. The third-order valence-electron chi connectivity index (χ3n) is 3.47. The van der Waals surface area contributed by atoms with Crippen molar-refractivity contribution in [2.24, 2.45) is 5.92 Å². The van der Waals surface area contributed by atoms with Crippen LogP contribution in [0.5, 0.6) is 0 Å². The fourth-order valence-electron chi connectivity index (χ4n) is 2.15. The molecule has 6 heteroatoms. The van der Waals surface area contributed by atoms with Gasteiger partial charge in [0.1, 0.15) is 5.82 Å². The van der Waals surface area contributed by atoms with Crippen LogP contribution in [0.4, 0.5) is 5.82 Å². The van der Waals surface area contributed by atoms with Gasteiger partial charge < -0.3 is 14.7 Å². The van der Waals surface area contributed by atoms with Crippen molar-refractivity contribution in [2.45, 2.75) is 25.8 Å². The zero-order valence-corrected chi connectivity index (χ0v) is 11.2. The third kappa shape index (κ3) is 3.41. The highest BCUT2D eigenvalue weighted by Crippen LogP contribution is 2.36. The fourth-order valence-corrected chi connectivity index (χ4v) is 2.15. The van der Waals surface area contributed by atoms with Crippen molar-refractivity contribution in [3.05, 3.63) is 18.1 Å². The van der Waals surface area contributed by atoms with Crippen molar-refractivity contribution in [1.29, 1.82) is 0 Å². The summed E-state index contributed by atoms with van der Waals surface area (Å²) in [6.45, 7) is 3.41. The van der Waals surface area contributed by atoms with E-state index in [4.69, 9.17) is 9.84 Å². The van der Waals surface area contributed by atoms with Crippen LogP contribution < -0.4 is 4.90 Å². The Labute approximate surface area is 112 Å². The monoisotopic (exact) mass is 265 g/mol. The lowest BCUT2D eigenvalue weighted by Crippen LogP contribution is -2.38. The van der Waals surface area contributed by atoms with Crippen molar-refractivity contribution in [3.8, 4) is 0 Å². The molecule has 6 nitrogen and oxygen atoms in total. The molecule has 1 aromatic rings. The van der Waals surface area contributed by atoms with Crippen LogP contribution in [0.3, 0.4) is 0 Å². The maximum Gasteiger partial charge on any atom is 0.356 e. The molecular formula is C13H19N3O3. The molecule has 19 heavy (non-hydrogen) atoms. The Balaban J connectivity index is 2.20. The summed E-state index contributed by atoms with van der Waals surface area (Å²) in [5, 5.41) is 8.98. The number of hydrogen-bond acceptors (Lipinski definition) is 5. The number of ether oxygens (including phenoxy) is 1. The van der Waals surface area contributed by atoms with E-state index >= 15 is 0 Å². The van der Waals surface area contributed by atoms with Gasteiger partial charge in [0.15, 0.2) is 5.69 Å². The Morgan fingerprint density at radius 2 is 2.32 bits per heavy atom. The molecule has 104 valence electrons. The van der Waals surface area contributed by atoms with Gasteiger partial charge in [0.05, 0.1) is 19.0 Å². The smallest absolute Gasteiger partial charge is 0.356 e. The summed E-state index contributed by atoms with van der Waals surface area (Å²) >= 11 is 0. The Kier molecular flexibility index (Phi) is 4.31. The predicted octanol–water partition coefficient (Wildman–Crippen LogP) is 1.43. The molecule has 1 saturated carbocycles. The molecule has 1 atom stereocenters. The first-order chi connectivity index (χ1) is 9.13. The van der Waals surface area contributed by atoms with Gasteiger partial charge in [-0.05, 0) is 25.7 Å². The summed E-state index contributed by atoms with van der Waals surface area (Å²) in [4.78, 5) is 21.2. The standard InChI is InChI=1S/C13H19N3O3/c1-9(10-3-4-10)16(5-6-19-2)12-8-14-7-11(15-12)13(17)18/h7-10H,3-6H2,1-2H3,(H,17,18). The minimum Gasteiger partial charge on any atom is -0.476 e. The van der Waals surface area contributed by atoms with Crippen molar-refractivity contribution >= 4 is 11.8 Å². The van der Waals surface area contributed by atoms with Crippen LogP contribution in [0, 0.1) is 5.92 Å². The zero-order valence-electron chi connectivity index (χ0n) is 11.2. The predicted molar refractivity (Wildman–Crippen MR) is 70.4 cm³/mol. The average Bonchev–Trinajstić information content (AvgIpc) is 3.23. The molecule has 1 unspecified atom stereocenters. The summed E-state index contributed by atoms with van der Waals surface area (Å²) in [5.74, 6) is 0.212. The second-order valence-electron chi connectivity index (χ2n) is 4.83. The average molecular weight is 265 g/mol. The van der Waals surface area contributed by atoms with E-state index in [-0.39, 0.29) is 5.69 Å². The highest BCUT2D eigenvalue weighted by Gasteiger charge is 2.32. The van der Waals surface area contributed by atoms with E-state index in [0.29, 0.717) is 30.9 Å². The van der Waals surface area contributed by atoms with E-state index in [1.54, 1.807) is 13.3 Å². The maximum absolute atomic E-state index is 11.0. The number of aromatic carboxylic acids is 1. The van der Waals surface area contributed by atoms with Gasteiger partial charge in [-0.3, -0.25) is 4.98 Å². The largest absolute Gasteiger partial charge is 0.476 e. The second kappa shape index (κ2) is 5.97. The van der Waals surface area contributed by atoms with Gasteiger partial charge in [-0.1, -0.05) is 0 Å². The summed E-state index contributed by atoms with van der Waals surface area (Å²) in [7, 11) is 1.65. The van der Waals surface area contributed by atoms with Crippen LogP contribution in [0.1, 0.15) is 30.3 Å². The number of hydrogen-bond donors (Lipinski definition) is 1. The number of anilines is 1. The molecule has 1 aromatic heterocycles. The number of carbonyl (C=O) groups is 1. The number of aromatic nitrogens is 2. The van der Waals surface area contributed by atoms with Crippen LogP contribution in [-0.2, 0) is 4.74 Å². The van der Waals surface area contributed by atoms with Crippen molar-refractivity contribution in [2.75, 3.05) is 25.2 Å². The number of carboxylic acids is 1. The first-order valence-electron chi connectivity index (χ1n) is 6.44. The summed E-state index contributed by atoms with van der Waals surface area (Å²) in [6, 6.07) is 0.327. The van der Waals surface area contributed by atoms with E-state index in [2.05, 4.69) is 21.8 Å². The Bertz CT molecular complexity index is 449. The van der Waals surface area contributed by atoms with Crippen LogP contribution in [0.2, 0.25) is 0 Å². The molecule has 0 aliphatic heterocycles. The Morgan fingerprint density at radius 1 is 1.58 bits per heavy atom. The zero-order chi connectivity index (χ0) is 13.8. The molecule has 0 spiro atoms. The minimum absolute atomic E-state index is 0.0251. The summed E-state index contributed by atoms with van der Waals surface area (Å²) < 4.78 is 5.12. The summed E-state index contributed by atoms with van der Waals surface area (Å²) in [6.07, 6.45) is 5.32. The van der Waals surface area contributed by atoms with Crippen LogP contribution in [0.25, 0.3) is 0 Å². The van der Waals surface area contributed by atoms with Gasteiger partial charge in [0.2, 0.25) is 0 Å². The Morgan fingerprint density at radius 3 is 2.89 bits per heavy atom. The molecular weight excluding hydrogens is 246 g/mol. The number of nitrogens with zero attached hydrogens (tertiary/aromatic N) is 3.